The fraction of sp³-hybridized carbons (Fsp3) is 0.417. The van der Waals surface area contributed by atoms with Gasteiger partial charge in [0.2, 0.25) is 0 Å². The van der Waals surface area contributed by atoms with Gasteiger partial charge in [-0.25, -0.2) is 4.79 Å². The number of allylic oxidation sites excluding steroid dienone is 2. The number of carbonyl (C=O) groups is 1. The van der Waals surface area contributed by atoms with Gasteiger partial charge in [-0.05, 0) is 29.0 Å². The van der Waals surface area contributed by atoms with Gasteiger partial charge in [0.25, 0.3) is 5.56 Å². The van der Waals surface area contributed by atoms with Gasteiger partial charge in [-0.1, -0.05) is 12.2 Å². The number of ether oxygens (including phenoxy) is 1. The Bertz CT molecular complexity index is 631. The highest BCUT2D eigenvalue weighted by Crippen LogP contribution is 2.28. The Morgan fingerprint density at radius 2 is 2.32 bits per heavy atom. The summed E-state index contributed by atoms with van der Waals surface area (Å²) >= 11 is 1.88. The third kappa shape index (κ3) is 3.14. The second-order valence-corrected chi connectivity index (χ2v) is 5.52. The summed E-state index contributed by atoms with van der Waals surface area (Å²) in [7, 11) is 0. The first-order chi connectivity index (χ1) is 8.99. The minimum Gasteiger partial charge on any atom is -0.465 e. The molecule has 0 radical (unpaired) electrons. The van der Waals surface area contributed by atoms with E-state index in [1.54, 1.807) is 0 Å². The highest BCUT2D eigenvalue weighted by atomic mass is 127. The van der Waals surface area contributed by atoms with Gasteiger partial charge >= 0.3 is 11.7 Å². The van der Waals surface area contributed by atoms with Crippen LogP contribution in [0.5, 0.6) is 0 Å². The first-order valence-electron chi connectivity index (χ1n) is 5.80. The van der Waals surface area contributed by atoms with Crippen molar-refractivity contribution in [2.24, 2.45) is 5.92 Å². The van der Waals surface area contributed by atoms with Crippen molar-refractivity contribution in [2.45, 2.75) is 19.4 Å². The Kier molecular flexibility index (Phi) is 4.23. The molecule has 0 amide bonds. The maximum atomic E-state index is 11.8. The average molecular weight is 376 g/mol. The summed E-state index contributed by atoms with van der Waals surface area (Å²) in [5.41, 5.74) is -0.838. The van der Waals surface area contributed by atoms with Crippen LogP contribution in [-0.4, -0.2) is 22.1 Å². The predicted octanol–water partition coefficient (Wildman–Crippen LogP) is 0.821. The van der Waals surface area contributed by atoms with Crippen LogP contribution in [0.3, 0.4) is 0 Å². The van der Waals surface area contributed by atoms with Crippen molar-refractivity contribution >= 4 is 28.6 Å². The molecule has 1 aromatic heterocycles. The highest BCUT2D eigenvalue weighted by Gasteiger charge is 2.26. The van der Waals surface area contributed by atoms with Crippen LogP contribution in [0.25, 0.3) is 0 Å². The van der Waals surface area contributed by atoms with Gasteiger partial charge < -0.3 is 4.74 Å². The van der Waals surface area contributed by atoms with Gasteiger partial charge in [0.1, 0.15) is 0 Å². The second-order valence-electron chi connectivity index (χ2n) is 4.36. The number of esters is 1. The Balaban J connectivity index is 2.27. The number of hydrogen-bond acceptors (Lipinski definition) is 4. The molecule has 0 fully saturated rings. The van der Waals surface area contributed by atoms with Gasteiger partial charge in [0.15, 0.2) is 0 Å². The molecule has 7 heteroatoms. The molecule has 0 unspecified atom stereocenters. The number of aromatic nitrogens is 2. The van der Waals surface area contributed by atoms with E-state index in [0.717, 1.165) is 6.42 Å². The molecule has 102 valence electrons. The average Bonchev–Trinajstić information content (AvgIpc) is 2.79. The van der Waals surface area contributed by atoms with Crippen molar-refractivity contribution in [3.63, 3.8) is 0 Å². The molecule has 6 nitrogen and oxygen atoms in total. The quantitative estimate of drug-likeness (QED) is 0.481. The molecule has 0 saturated heterocycles. The molecule has 0 aliphatic heterocycles. The Morgan fingerprint density at radius 3 is 3.00 bits per heavy atom. The van der Waals surface area contributed by atoms with Crippen LogP contribution in [0.4, 0.5) is 0 Å². The third-order valence-electron chi connectivity index (χ3n) is 3.00. The summed E-state index contributed by atoms with van der Waals surface area (Å²) in [6.45, 7) is 1.61. The summed E-state index contributed by atoms with van der Waals surface area (Å²) in [5.74, 6) is -0.322. The molecule has 1 aromatic rings. The summed E-state index contributed by atoms with van der Waals surface area (Å²) in [5, 5.41) is 0. The van der Waals surface area contributed by atoms with E-state index in [2.05, 4.69) is 4.98 Å². The van der Waals surface area contributed by atoms with Crippen molar-refractivity contribution in [2.75, 3.05) is 6.61 Å². The molecule has 0 spiro atoms. The number of rotatable bonds is 3. The largest absolute Gasteiger partial charge is 0.465 e. The van der Waals surface area contributed by atoms with Crippen molar-refractivity contribution in [3.05, 3.63) is 42.8 Å². The van der Waals surface area contributed by atoms with Crippen LogP contribution in [-0.2, 0) is 9.53 Å². The zero-order valence-corrected chi connectivity index (χ0v) is 12.4. The summed E-state index contributed by atoms with van der Waals surface area (Å²) in [4.78, 5) is 36.3. The molecule has 0 saturated carbocycles. The van der Waals surface area contributed by atoms with Crippen LogP contribution in [0.15, 0.2) is 27.9 Å². The normalized spacial score (nSPS) is 21.6. The molecule has 2 rings (SSSR count). The van der Waals surface area contributed by atoms with E-state index in [1.165, 1.54) is 17.7 Å². The summed E-state index contributed by atoms with van der Waals surface area (Å²) in [6.07, 6.45) is 6.11. The maximum absolute atomic E-state index is 11.8. The highest BCUT2D eigenvalue weighted by molar-refractivity contribution is 14.1. The topological polar surface area (TPSA) is 81.2 Å². The van der Waals surface area contributed by atoms with E-state index >= 15 is 0 Å². The van der Waals surface area contributed by atoms with Crippen molar-refractivity contribution < 1.29 is 9.53 Å². The fourth-order valence-corrected chi connectivity index (χ4v) is 2.52. The first kappa shape index (κ1) is 14.0. The van der Waals surface area contributed by atoms with Crippen molar-refractivity contribution in [1.82, 2.24) is 9.55 Å². The lowest BCUT2D eigenvalue weighted by Gasteiger charge is -2.21. The van der Waals surface area contributed by atoms with E-state index < -0.39 is 5.69 Å². The van der Waals surface area contributed by atoms with Crippen LogP contribution < -0.4 is 11.2 Å². The van der Waals surface area contributed by atoms with Crippen molar-refractivity contribution in [1.29, 1.82) is 0 Å². The Morgan fingerprint density at radius 1 is 1.58 bits per heavy atom. The number of halogens is 1. The van der Waals surface area contributed by atoms with E-state index in [-0.39, 0.29) is 30.1 Å². The lowest BCUT2D eigenvalue weighted by molar-refractivity contribution is -0.142. The minimum atomic E-state index is -0.449. The number of nitrogens with one attached hydrogen (secondary N) is 1. The maximum Gasteiger partial charge on any atom is 0.328 e. The molecule has 0 bridgehead atoms. The number of H-pyrrole nitrogens is 1. The number of hydrogen-bond donors (Lipinski definition) is 1. The summed E-state index contributed by atoms with van der Waals surface area (Å²) in [6, 6.07) is -0.197. The van der Waals surface area contributed by atoms with Gasteiger partial charge in [-0.15, -0.1) is 0 Å². The molecule has 1 aliphatic carbocycles. The zero-order valence-electron chi connectivity index (χ0n) is 10.3. The first-order valence-corrected chi connectivity index (χ1v) is 6.88. The molecule has 19 heavy (non-hydrogen) atoms. The monoisotopic (exact) mass is 376 g/mol. The molecule has 1 N–H and O–H groups in total. The molecule has 0 aromatic carbocycles. The molecule has 1 heterocycles. The van der Waals surface area contributed by atoms with E-state index in [1.807, 2.05) is 34.7 Å². The minimum absolute atomic E-state index is 0.0169. The smallest absolute Gasteiger partial charge is 0.328 e. The number of carbonyl (C=O) groups excluding carboxylic acids is 1. The molecular formula is C12H13IN2O4. The SMILES string of the molecule is CC(=O)OC[C@@H]1CC=C[C@@H]1n1cc(I)c(=O)[nH]c1=O. The third-order valence-corrected chi connectivity index (χ3v) is 3.77. The summed E-state index contributed by atoms with van der Waals surface area (Å²) < 4.78 is 6.92. The molecule has 2 atom stereocenters. The van der Waals surface area contributed by atoms with Gasteiger partial charge in [0.05, 0.1) is 16.2 Å². The lowest BCUT2D eigenvalue weighted by atomic mass is 10.0. The predicted molar refractivity (Wildman–Crippen MR) is 77.0 cm³/mol. The van der Waals surface area contributed by atoms with Gasteiger partial charge in [0, 0.05) is 19.0 Å². The van der Waals surface area contributed by atoms with Gasteiger partial charge in [-0.3, -0.25) is 19.1 Å². The zero-order chi connectivity index (χ0) is 14.0. The number of nitrogens with zero attached hydrogens (tertiary/aromatic N) is 1. The van der Waals surface area contributed by atoms with E-state index in [4.69, 9.17) is 4.74 Å². The second kappa shape index (κ2) is 5.72. The standard InChI is InChI=1S/C12H13IN2O4/c1-7(16)19-6-8-3-2-4-10(8)15-5-9(13)11(17)14-12(15)18/h2,4-5,8,10H,3,6H2,1H3,(H,14,17,18)/t8-,10-/m0/s1. The number of aromatic amines is 1. The van der Waals surface area contributed by atoms with E-state index in [0.29, 0.717) is 3.57 Å². The Labute approximate surface area is 122 Å². The molecular weight excluding hydrogens is 363 g/mol. The lowest BCUT2D eigenvalue weighted by Crippen LogP contribution is -2.35. The van der Waals surface area contributed by atoms with Crippen LogP contribution in [0.1, 0.15) is 19.4 Å². The molecule has 1 aliphatic rings. The fourth-order valence-electron chi connectivity index (χ4n) is 2.08. The van der Waals surface area contributed by atoms with Crippen LogP contribution >= 0.6 is 22.6 Å². The van der Waals surface area contributed by atoms with Crippen molar-refractivity contribution in [3.8, 4) is 0 Å². The van der Waals surface area contributed by atoms with Crippen LogP contribution in [0, 0.1) is 9.49 Å². The van der Waals surface area contributed by atoms with E-state index in [9.17, 15) is 14.4 Å². The van der Waals surface area contributed by atoms with Crippen LogP contribution in [0.2, 0.25) is 0 Å². The Hall–Kier alpha value is -1.38. The van der Waals surface area contributed by atoms with Gasteiger partial charge in [-0.2, -0.15) is 0 Å².